The molecule has 0 spiro atoms. The second-order valence-corrected chi connectivity index (χ2v) is 5.02. The van der Waals surface area contributed by atoms with E-state index in [1.807, 2.05) is 0 Å². The standard InChI is InChI=1S/C14H15F3N4O/c1-9(2)21-12(14(15,16)17)11(8-19-21)13(22)20(3)10-5-4-6-18-7-10/h4-9H,1-3H3. The SMILES string of the molecule is CC(C)n1ncc(C(=O)N(C)c2cccnc2)c1C(F)(F)F. The van der Waals surface area contributed by atoms with Crippen LogP contribution in [0.25, 0.3) is 0 Å². The summed E-state index contributed by atoms with van der Waals surface area (Å²) in [6, 6.07) is 2.67. The molecule has 2 aromatic rings. The highest BCUT2D eigenvalue weighted by Gasteiger charge is 2.41. The van der Waals surface area contributed by atoms with E-state index in [2.05, 4.69) is 10.1 Å². The van der Waals surface area contributed by atoms with Gasteiger partial charge in [0, 0.05) is 19.3 Å². The van der Waals surface area contributed by atoms with Crippen molar-refractivity contribution in [2.45, 2.75) is 26.1 Å². The molecule has 0 N–H and O–H groups in total. The Hall–Kier alpha value is -2.38. The van der Waals surface area contributed by atoms with Crippen LogP contribution in [0.1, 0.15) is 35.9 Å². The minimum Gasteiger partial charge on any atom is -0.310 e. The third kappa shape index (κ3) is 2.95. The normalized spacial score (nSPS) is 11.8. The lowest BCUT2D eigenvalue weighted by Crippen LogP contribution is -2.29. The van der Waals surface area contributed by atoms with Gasteiger partial charge in [-0.1, -0.05) is 0 Å². The molecule has 0 unspecified atom stereocenters. The average molecular weight is 312 g/mol. The van der Waals surface area contributed by atoms with Crippen LogP contribution in [0.5, 0.6) is 0 Å². The fourth-order valence-corrected chi connectivity index (χ4v) is 2.04. The summed E-state index contributed by atoms with van der Waals surface area (Å²) in [4.78, 5) is 17.4. The van der Waals surface area contributed by atoms with Gasteiger partial charge in [-0.15, -0.1) is 0 Å². The lowest BCUT2D eigenvalue weighted by atomic mass is 10.2. The van der Waals surface area contributed by atoms with E-state index in [0.29, 0.717) is 5.69 Å². The van der Waals surface area contributed by atoms with Crippen molar-refractivity contribution in [2.24, 2.45) is 0 Å². The van der Waals surface area contributed by atoms with Gasteiger partial charge in [-0.2, -0.15) is 18.3 Å². The number of anilines is 1. The van der Waals surface area contributed by atoms with Crippen molar-refractivity contribution in [3.8, 4) is 0 Å². The summed E-state index contributed by atoms with van der Waals surface area (Å²) in [6.07, 6.45) is -0.794. The van der Waals surface area contributed by atoms with E-state index in [1.54, 1.807) is 26.0 Å². The van der Waals surface area contributed by atoms with E-state index in [9.17, 15) is 18.0 Å². The van der Waals surface area contributed by atoms with Crippen LogP contribution in [0, 0.1) is 0 Å². The summed E-state index contributed by atoms with van der Waals surface area (Å²) in [7, 11) is 1.40. The van der Waals surface area contributed by atoms with Gasteiger partial charge in [0.25, 0.3) is 5.91 Å². The molecule has 0 aromatic carbocycles. The van der Waals surface area contributed by atoms with Crippen LogP contribution in [0.4, 0.5) is 18.9 Å². The van der Waals surface area contributed by atoms with Gasteiger partial charge in [-0.25, -0.2) is 0 Å². The highest BCUT2D eigenvalue weighted by molar-refractivity contribution is 6.06. The molecular formula is C14H15F3N4O. The quantitative estimate of drug-likeness (QED) is 0.875. The number of amides is 1. The van der Waals surface area contributed by atoms with Gasteiger partial charge in [0.15, 0.2) is 5.69 Å². The highest BCUT2D eigenvalue weighted by Crippen LogP contribution is 2.34. The summed E-state index contributed by atoms with van der Waals surface area (Å²) >= 11 is 0. The minimum atomic E-state index is -4.67. The van der Waals surface area contributed by atoms with Crippen molar-refractivity contribution >= 4 is 11.6 Å². The Morgan fingerprint density at radius 1 is 1.32 bits per heavy atom. The van der Waals surface area contributed by atoms with E-state index in [0.717, 1.165) is 15.8 Å². The van der Waals surface area contributed by atoms with Gasteiger partial charge in [0.1, 0.15) is 0 Å². The maximum atomic E-state index is 13.3. The van der Waals surface area contributed by atoms with Gasteiger partial charge >= 0.3 is 6.18 Å². The number of rotatable bonds is 3. The third-order valence-electron chi connectivity index (χ3n) is 3.12. The van der Waals surface area contributed by atoms with Crippen LogP contribution in [-0.4, -0.2) is 27.7 Å². The highest BCUT2D eigenvalue weighted by atomic mass is 19.4. The molecule has 0 saturated carbocycles. The van der Waals surface area contributed by atoms with E-state index >= 15 is 0 Å². The van der Waals surface area contributed by atoms with Crippen molar-refractivity contribution in [3.63, 3.8) is 0 Å². The summed E-state index contributed by atoms with van der Waals surface area (Å²) < 4.78 is 40.7. The van der Waals surface area contributed by atoms with Gasteiger partial charge in [0.2, 0.25) is 0 Å². The molecule has 118 valence electrons. The molecule has 22 heavy (non-hydrogen) atoms. The van der Waals surface area contributed by atoms with Gasteiger partial charge in [0.05, 0.1) is 23.6 Å². The maximum absolute atomic E-state index is 13.3. The van der Waals surface area contributed by atoms with Crippen molar-refractivity contribution < 1.29 is 18.0 Å². The molecular weight excluding hydrogens is 297 g/mol. The summed E-state index contributed by atoms with van der Waals surface area (Å²) in [5, 5.41) is 3.71. The van der Waals surface area contributed by atoms with Crippen LogP contribution in [0.15, 0.2) is 30.7 Å². The number of carbonyl (C=O) groups excluding carboxylic acids is 1. The fourth-order valence-electron chi connectivity index (χ4n) is 2.04. The number of aromatic nitrogens is 3. The predicted octanol–water partition coefficient (Wildman–Crippen LogP) is 3.15. The Kier molecular flexibility index (Phi) is 4.20. The molecule has 8 heteroatoms. The van der Waals surface area contributed by atoms with E-state index in [-0.39, 0.29) is 0 Å². The Bertz CT molecular complexity index is 664. The molecule has 0 radical (unpaired) electrons. The largest absolute Gasteiger partial charge is 0.433 e. The molecule has 0 fully saturated rings. The molecule has 2 aromatic heterocycles. The monoisotopic (exact) mass is 312 g/mol. The minimum absolute atomic E-state index is 0.401. The van der Waals surface area contributed by atoms with Crippen LogP contribution in [0.2, 0.25) is 0 Å². The molecule has 5 nitrogen and oxygen atoms in total. The Morgan fingerprint density at radius 3 is 2.50 bits per heavy atom. The molecule has 0 saturated heterocycles. The lowest BCUT2D eigenvalue weighted by Gasteiger charge is -2.19. The number of carbonyl (C=O) groups is 1. The van der Waals surface area contributed by atoms with E-state index in [4.69, 9.17) is 0 Å². The number of halogens is 3. The number of hydrogen-bond acceptors (Lipinski definition) is 3. The number of hydrogen-bond donors (Lipinski definition) is 0. The first-order valence-corrected chi connectivity index (χ1v) is 6.56. The number of nitrogens with zero attached hydrogens (tertiary/aromatic N) is 4. The van der Waals surface area contributed by atoms with Gasteiger partial charge < -0.3 is 4.90 Å². The molecule has 0 bridgehead atoms. The summed E-state index contributed by atoms with van der Waals surface area (Å²) in [5.41, 5.74) is -1.12. The van der Waals surface area contributed by atoms with E-state index < -0.39 is 29.4 Å². The summed E-state index contributed by atoms with van der Waals surface area (Å²) in [5.74, 6) is -0.785. The number of pyridine rings is 1. The molecule has 0 aliphatic heterocycles. The second-order valence-electron chi connectivity index (χ2n) is 5.02. The van der Waals surface area contributed by atoms with Crippen LogP contribution in [0.3, 0.4) is 0 Å². The van der Waals surface area contributed by atoms with E-state index in [1.165, 1.54) is 19.4 Å². The topological polar surface area (TPSA) is 51.0 Å². The Balaban J connectivity index is 2.47. The first-order chi connectivity index (χ1) is 10.2. The molecule has 1 amide bonds. The maximum Gasteiger partial charge on any atom is 0.433 e. The zero-order chi connectivity index (χ0) is 16.5. The average Bonchev–Trinajstić information content (AvgIpc) is 2.92. The lowest BCUT2D eigenvalue weighted by molar-refractivity contribution is -0.145. The smallest absolute Gasteiger partial charge is 0.310 e. The second kappa shape index (κ2) is 5.78. The van der Waals surface area contributed by atoms with Crippen LogP contribution < -0.4 is 4.90 Å². The van der Waals surface area contributed by atoms with Crippen LogP contribution in [-0.2, 0) is 6.18 Å². The van der Waals surface area contributed by atoms with Gasteiger partial charge in [-0.05, 0) is 26.0 Å². The zero-order valence-corrected chi connectivity index (χ0v) is 12.3. The first kappa shape index (κ1) is 16.0. The van der Waals surface area contributed by atoms with Crippen molar-refractivity contribution in [1.82, 2.24) is 14.8 Å². The fraction of sp³-hybridized carbons (Fsp3) is 0.357. The Labute approximate surface area is 125 Å². The Morgan fingerprint density at radius 2 is 2.00 bits per heavy atom. The van der Waals surface area contributed by atoms with Crippen molar-refractivity contribution in [1.29, 1.82) is 0 Å². The molecule has 2 rings (SSSR count). The molecule has 0 aliphatic rings. The molecule has 0 aliphatic carbocycles. The van der Waals surface area contributed by atoms with Crippen molar-refractivity contribution in [3.05, 3.63) is 42.0 Å². The molecule has 2 heterocycles. The number of alkyl halides is 3. The third-order valence-corrected chi connectivity index (χ3v) is 3.12. The molecule has 0 atom stereocenters. The first-order valence-electron chi connectivity index (χ1n) is 6.56. The van der Waals surface area contributed by atoms with Crippen LogP contribution >= 0.6 is 0 Å². The summed E-state index contributed by atoms with van der Waals surface area (Å²) in [6.45, 7) is 3.14. The predicted molar refractivity (Wildman–Crippen MR) is 74.6 cm³/mol. The van der Waals surface area contributed by atoms with Crippen molar-refractivity contribution in [2.75, 3.05) is 11.9 Å². The zero-order valence-electron chi connectivity index (χ0n) is 12.3. The van der Waals surface area contributed by atoms with Gasteiger partial charge in [-0.3, -0.25) is 14.5 Å².